The molecule has 1 aliphatic rings. The summed E-state index contributed by atoms with van der Waals surface area (Å²) in [7, 11) is -3.44. The van der Waals surface area contributed by atoms with Gasteiger partial charge in [-0.2, -0.15) is 5.26 Å². The summed E-state index contributed by atoms with van der Waals surface area (Å²) >= 11 is 0. The van der Waals surface area contributed by atoms with Crippen molar-refractivity contribution in [3.63, 3.8) is 0 Å². The maximum atomic E-state index is 12.3. The minimum atomic E-state index is -3.44. The molecule has 2 rings (SSSR count). The first kappa shape index (κ1) is 14.7. The Morgan fingerprint density at radius 3 is 2.95 bits per heavy atom. The number of hydrogen-bond donors (Lipinski definition) is 0. The molecule has 1 aliphatic heterocycles. The fraction of sp³-hybridized carbons (Fsp3) is 0.429. The number of piperidine rings is 1. The third-order valence-corrected chi connectivity index (χ3v) is 5.23. The summed E-state index contributed by atoms with van der Waals surface area (Å²) in [6.07, 6.45) is 2.29. The Bertz CT molecular complexity index is 634. The summed E-state index contributed by atoms with van der Waals surface area (Å²) in [6, 6.07) is 8.58. The number of carbonyl (C=O) groups excluding carboxylic acids is 1. The Balaban J connectivity index is 2.14. The number of aldehydes is 1. The standard InChI is InChI=1S/C14H16N2O3S/c15-8-12-3-1-4-13(7-12)11-20(18,19)16-6-2-5-14(9-16)10-17/h1,3-4,7,10,14H,2,5-6,9,11H2. The smallest absolute Gasteiger partial charge is 0.218 e. The normalized spacial score (nSPS) is 20.2. The monoisotopic (exact) mass is 292 g/mol. The largest absolute Gasteiger partial charge is 0.303 e. The number of sulfonamides is 1. The minimum Gasteiger partial charge on any atom is -0.303 e. The van der Waals surface area contributed by atoms with E-state index in [2.05, 4.69) is 0 Å². The van der Waals surface area contributed by atoms with Gasteiger partial charge in [0.2, 0.25) is 10.0 Å². The second-order valence-electron chi connectivity index (χ2n) is 4.96. The van der Waals surface area contributed by atoms with Crippen molar-refractivity contribution >= 4 is 16.3 Å². The highest BCUT2D eigenvalue weighted by molar-refractivity contribution is 7.88. The molecule has 1 atom stereocenters. The number of hydrogen-bond acceptors (Lipinski definition) is 4. The van der Waals surface area contributed by atoms with E-state index >= 15 is 0 Å². The topological polar surface area (TPSA) is 78.2 Å². The number of nitrogens with zero attached hydrogens (tertiary/aromatic N) is 2. The number of rotatable bonds is 4. The van der Waals surface area contributed by atoms with E-state index in [9.17, 15) is 13.2 Å². The van der Waals surface area contributed by atoms with Crippen molar-refractivity contribution in [2.24, 2.45) is 5.92 Å². The molecule has 0 aliphatic carbocycles. The van der Waals surface area contributed by atoms with Gasteiger partial charge in [0, 0.05) is 19.0 Å². The molecule has 1 heterocycles. The first-order valence-electron chi connectivity index (χ1n) is 6.47. The Morgan fingerprint density at radius 1 is 1.45 bits per heavy atom. The van der Waals surface area contributed by atoms with Crippen LogP contribution in [-0.2, 0) is 20.6 Å². The third-order valence-electron chi connectivity index (χ3n) is 3.41. The minimum absolute atomic E-state index is 0.131. The van der Waals surface area contributed by atoms with Gasteiger partial charge in [0.25, 0.3) is 0 Å². The average Bonchev–Trinajstić information content (AvgIpc) is 2.47. The maximum absolute atomic E-state index is 12.3. The molecule has 0 radical (unpaired) electrons. The van der Waals surface area contributed by atoms with E-state index in [1.807, 2.05) is 6.07 Å². The fourth-order valence-electron chi connectivity index (χ4n) is 2.37. The molecule has 0 aromatic heterocycles. The van der Waals surface area contributed by atoms with Crippen molar-refractivity contribution in [3.8, 4) is 6.07 Å². The predicted molar refractivity (Wildman–Crippen MR) is 74.1 cm³/mol. The molecule has 0 spiro atoms. The molecular weight excluding hydrogens is 276 g/mol. The van der Waals surface area contributed by atoms with Crippen LogP contribution in [0.5, 0.6) is 0 Å². The zero-order valence-electron chi connectivity index (χ0n) is 11.0. The fourth-order valence-corrected chi connectivity index (χ4v) is 3.98. The molecule has 106 valence electrons. The van der Waals surface area contributed by atoms with Crippen molar-refractivity contribution < 1.29 is 13.2 Å². The van der Waals surface area contributed by atoms with Crippen LogP contribution >= 0.6 is 0 Å². The highest BCUT2D eigenvalue weighted by Gasteiger charge is 2.28. The SMILES string of the molecule is N#Cc1cccc(CS(=O)(=O)N2CCCC(C=O)C2)c1. The molecule has 0 saturated carbocycles. The van der Waals surface area contributed by atoms with Crippen LogP contribution in [-0.4, -0.2) is 32.1 Å². The number of benzene rings is 1. The molecular formula is C14H16N2O3S. The lowest BCUT2D eigenvalue weighted by atomic mass is 10.0. The molecule has 0 N–H and O–H groups in total. The average molecular weight is 292 g/mol. The van der Waals surface area contributed by atoms with E-state index in [4.69, 9.17) is 5.26 Å². The highest BCUT2D eigenvalue weighted by atomic mass is 32.2. The molecule has 6 heteroatoms. The van der Waals surface area contributed by atoms with Gasteiger partial charge in [-0.1, -0.05) is 12.1 Å². The van der Waals surface area contributed by atoms with E-state index in [0.717, 1.165) is 12.7 Å². The van der Waals surface area contributed by atoms with Gasteiger partial charge < -0.3 is 4.79 Å². The first-order chi connectivity index (χ1) is 9.55. The Hall–Kier alpha value is -1.71. The van der Waals surface area contributed by atoms with Crippen LogP contribution in [0.4, 0.5) is 0 Å². The second kappa shape index (κ2) is 6.16. The summed E-state index contributed by atoms with van der Waals surface area (Å²) in [5.74, 6) is -0.336. The van der Waals surface area contributed by atoms with Crippen LogP contribution in [0.1, 0.15) is 24.0 Å². The summed E-state index contributed by atoms with van der Waals surface area (Å²) in [4.78, 5) is 10.8. The first-order valence-corrected chi connectivity index (χ1v) is 8.08. The van der Waals surface area contributed by atoms with Crippen LogP contribution in [0.15, 0.2) is 24.3 Å². The molecule has 1 fully saturated rings. The molecule has 1 unspecified atom stereocenters. The molecule has 0 amide bonds. The van der Waals surface area contributed by atoms with Gasteiger partial charge in [0.1, 0.15) is 6.29 Å². The molecule has 1 aromatic rings. The summed E-state index contributed by atoms with van der Waals surface area (Å²) < 4.78 is 26.1. The Labute approximate surface area is 118 Å². The maximum Gasteiger partial charge on any atom is 0.218 e. The summed E-state index contributed by atoms with van der Waals surface area (Å²) in [6.45, 7) is 0.731. The zero-order valence-corrected chi connectivity index (χ0v) is 11.8. The van der Waals surface area contributed by atoms with Crippen LogP contribution < -0.4 is 0 Å². The molecule has 20 heavy (non-hydrogen) atoms. The van der Waals surface area contributed by atoms with Gasteiger partial charge in [-0.15, -0.1) is 0 Å². The van der Waals surface area contributed by atoms with Gasteiger partial charge in [0.05, 0.1) is 17.4 Å². The van der Waals surface area contributed by atoms with E-state index < -0.39 is 10.0 Å². The van der Waals surface area contributed by atoms with Crippen LogP contribution in [0.3, 0.4) is 0 Å². The van der Waals surface area contributed by atoms with Gasteiger partial charge in [-0.25, -0.2) is 12.7 Å². The second-order valence-corrected chi connectivity index (χ2v) is 6.93. The lowest BCUT2D eigenvalue weighted by molar-refractivity contribution is -0.112. The van der Waals surface area contributed by atoms with Crippen LogP contribution in [0, 0.1) is 17.2 Å². The molecule has 1 saturated heterocycles. The van der Waals surface area contributed by atoms with Crippen molar-refractivity contribution in [1.29, 1.82) is 5.26 Å². The predicted octanol–water partition coefficient (Wildman–Crippen LogP) is 1.30. The van der Waals surface area contributed by atoms with Crippen molar-refractivity contribution in [3.05, 3.63) is 35.4 Å². The molecule has 1 aromatic carbocycles. The lowest BCUT2D eigenvalue weighted by Gasteiger charge is -2.29. The summed E-state index contributed by atoms with van der Waals surface area (Å²) in [5, 5.41) is 8.83. The zero-order chi connectivity index (χ0) is 14.6. The molecule has 0 bridgehead atoms. The lowest BCUT2D eigenvalue weighted by Crippen LogP contribution is -2.40. The van der Waals surface area contributed by atoms with Crippen molar-refractivity contribution in [2.45, 2.75) is 18.6 Å². The van der Waals surface area contributed by atoms with E-state index in [1.54, 1.807) is 24.3 Å². The quantitative estimate of drug-likeness (QED) is 0.784. The van der Waals surface area contributed by atoms with Crippen LogP contribution in [0.25, 0.3) is 0 Å². The van der Waals surface area contributed by atoms with Crippen molar-refractivity contribution in [1.82, 2.24) is 4.31 Å². The number of carbonyl (C=O) groups is 1. The van der Waals surface area contributed by atoms with E-state index in [0.29, 0.717) is 24.1 Å². The Kier molecular flexibility index (Phi) is 4.53. The van der Waals surface area contributed by atoms with E-state index in [1.165, 1.54) is 4.31 Å². The van der Waals surface area contributed by atoms with Gasteiger partial charge >= 0.3 is 0 Å². The van der Waals surface area contributed by atoms with Gasteiger partial charge in [0.15, 0.2) is 0 Å². The molecule has 5 nitrogen and oxygen atoms in total. The highest BCUT2D eigenvalue weighted by Crippen LogP contribution is 2.20. The van der Waals surface area contributed by atoms with Gasteiger partial charge in [-0.05, 0) is 30.5 Å². The van der Waals surface area contributed by atoms with Gasteiger partial charge in [-0.3, -0.25) is 0 Å². The number of nitriles is 1. The Morgan fingerprint density at radius 2 is 2.25 bits per heavy atom. The van der Waals surface area contributed by atoms with E-state index in [-0.39, 0.29) is 18.2 Å². The third kappa shape index (κ3) is 3.44. The summed E-state index contributed by atoms with van der Waals surface area (Å²) in [5.41, 5.74) is 1.04. The van der Waals surface area contributed by atoms with Crippen molar-refractivity contribution in [2.75, 3.05) is 13.1 Å². The van der Waals surface area contributed by atoms with Crippen LogP contribution in [0.2, 0.25) is 0 Å².